The summed E-state index contributed by atoms with van der Waals surface area (Å²) in [6.45, 7) is 7.31. The summed E-state index contributed by atoms with van der Waals surface area (Å²) in [4.78, 5) is 13.0. The lowest BCUT2D eigenvalue weighted by Gasteiger charge is -2.24. The maximum atomic E-state index is 13.7. The normalized spacial score (nSPS) is 11.3. The zero-order chi connectivity index (χ0) is 23.5. The molecule has 0 aliphatic rings. The lowest BCUT2D eigenvalue weighted by atomic mass is 10.2. The van der Waals surface area contributed by atoms with Crippen molar-refractivity contribution in [3.05, 3.63) is 65.5 Å². The third kappa shape index (κ3) is 4.94. The standard InChI is InChI=1S/C23H28N4O4S/c1-6-31-21-13-9-19(10-14-21)24-22(28)15-27(20-11-7-16(2)8-12-20)32(29,30)23-17(3)25-26(5)18(23)4/h7-14H,6,15H2,1-5H3,(H,24,28). The molecule has 0 fully saturated rings. The first-order chi connectivity index (χ1) is 15.1. The van der Waals surface area contributed by atoms with Gasteiger partial charge in [-0.3, -0.25) is 13.8 Å². The van der Waals surface area contributed by atoms with E-state index in [-0.39, 0.29) is 11.4 Å². The fourth-order valence-electron chi connectivity index (χ4n) is 3.40. The summed E-state index contributed by atoms with van der Waals surface area (Å²) in [5.41, 5.74) is 2.83. The Morgan fingerprint density at radius 2 is 1.69 bits per heavy atom. The molecule has 1 amide bonds. The average molecular weight is 457 g/mol. The van der Waals surface area contributed by atoms with E-state index < -0.39 is 15.9 Å². The Morgan fingerprint density at radius 3 is 2.22 bits per heavy atom. The van der Waals surface area contributed by atoms with Gasteiger partial charge in [0.1, 0.15) is 17.2 Å². The quantitative estimate of drug-likeness (QED) is 0.559. The van der Waals surface area contributed by atoms with Crippen LogP contribution in [0.5, 0.6) is 5.75 Å². The molecule has 0 aliphatic carbocycles. The maximum Gasteiger partial charge on any atom is 0.268 e. The molecule has 3 rings (SSSR count). The smallest absolute Gasteiger partial charge is 0.268 e. The lowest BCUT2D eigenvalue weighted by molar-refractivity contribution is -0.114. The van der Waals surface area contributed by atoms with Crippen LogP contribution in [0.15, 0.2) is 53.4 Å². The fraction of sp³-hybridized carbons (Fsp3) is 0.304. The molecular weight excluding hydrogens is 428 g/mol. The van der Waals surface area contributed by atoms with Gasteiger partial charge < -0.3 is 10.1 Å². The van der Waals surface area contributed by atoms with Gasteiger partial charge in [-0.15, -0.1) is 0 Å². The zero-order valence-electron chi connectivity index (χ0n) is 18.9. The average Bonchev–Trinajstić information content (AvgIpc) is 3.00. The van der Waals surface area contributed by atoms with Crippen LogP contribution in [0.1, 0.15) is 23.9 Å². The Kier molecular flexibility index (Phi) is 6.88. The van der Waals surface area contributed by atoms with E-state index in [1.54, 1.807) is 57.3 Å². The van der Waals surface area contributed by atoms with Crippen molar-refractivity contribution < 1.29 is 17.9 Å². The molecule has 0 spiro atoms. The number of hydrogen-bond acceptors (Lipinski definition) is 5. The van der Waals surface area contributed by atoms with Crippen LogP contribution in [0.25, 0.3) is 0 Å². The molecule has 0 radical (unpaired) electrons. The first kappa shape index (κ1) is 23.3. The van der Waals surface area contributed by atoms with Gasteiger partial charge in [0, 0.05) is 12.7 Å². The van der Waals surface area contributed by atoms with Crippen LogP contribution in [-0.2, 0) is 21.9 Å². The summed E-state index contributed by atoms with van der Waals surface area (Å²) in [6, 6.07) is 13.9. The Balaban J connectivity index is 1.93. The monoisotopic (exact) mass is 456 g/mol. The Morgan fingerprint density at radius 1 is 1.06 bits per heavy atom. The van der Waals surface area contributed by atoms with Crippen molar-refractivity contribution in [2.75, 3.05) is 22.8 Å². The van der Waals surface area contributed by atoms with E-state index in [9.17, 15) is 13.2 Å². The molecule has 2 aromatic carbocycles. The second-order valence-corrected chi connectivity index (χ2v) is 9.28. The van der Waals surface area contributed by atoms with Crippen molar-refractivity contribution in [1.29, 1.82) is 0 Å². The van der Waals surface area contributed by atoms with E-state index in [1.807, 2.05) is 26.0 Å². The number of anilines is 2. The minimum Gasteiger partial charge on any atom is -0.494 e. The number of hydrogen-bond donors (Lipinski definition) is 1. The SMILES string of the molecule is CCOc1ccc(NC(=O)CN(c2ccc(C)cc2)S(=O)(=O)c2c(C)nn(C)c2C)cc1. The second kappa shape index (κ2) is 9.44. The van der Waals surface area contributed by atoms with Crippen LogP contribution in [0, 0.1) is 20.8 Å². The van der Waals surface area contributed by atoms with Crippen LogP contribution in [-0.4, -0.2) is 37.3 Å². The minimum atomic E-state index is -4.04. The molecule has 1 aromatic heterocycles. The molecule has 3 aromatic rings. The highest BCUT2D eigenvalue weighted by molar-refractivity contribution is 7.93. The van der Waals surface area contributed by atoms with Crippen LogP contribution >= 0.6 is 0 Å². The van der Waals surface area contributed by atoms with E-state index in [1.165, 1.54) is 4.68 Å². The van der Waals surface area contributed by atoms with Crippen molar-refractivity contribution in [1.82, 2.24) is 9.78 Å². The van der Waals surface area contributed by atoms with Gasteiger partial charge >= 0.3 is 0 Å². The molecule has 0 atom stereocenters. The number of aromatic nitrogens is 2. The number of carbonyl (C=O) groups excluding carboxylic acids is 1. The van der Waals surface area contributed by atoms with Crippen molar-refractivity contribution in [2.45, 2.75) is 32.6 Å². The van der Waals surface area contributed by atoms with Crippen molar-refractivity contribution in [2.24, 2.45) is 7.05 Å². The van der Waals surface area contributed by atoms with Gasteiger partial charge in [0.05, 0.1) is 23.7 Å². The van der Waals surface area contributed by atoms with E-state index >= 15 is 0 Å². The number of nitrogens with zero attached hydrogens (tertiary/aromatic N) is 3. The summed E-state index contributed by atoms with van der Waals surface area (Å²) >= 11 is 0. The third-order valence-electron chi connectivity index (χ3n) is 5.05. The van der Waals surface area contributed by atoms with Gasteiger partial charge in [0.2, 0.25) is 5.91 Å². The number of aryl methyl sites for hydroxylation is 3. The lowest BCUT2D eigenvalue weighted by Crippen LogP contribution is -2.38. The Bertz CT molecular complexity index is 1200. The first-order valence-corrected chi connectivity index (χ1v) is 11.7. The largest absolute Gasteiger partial charge is 0.494 e. The molecule has 0 saturated heterocycles. The van der Waals surface area contributed by atoms with Crippen LogP contribution < -0.4 is 14.4 Å². The highest BCUT2D eigenvalue weighted by Gasteiger charge is 2.32. The molecule has 170 valence electrons. The van der Waals surface area contributed by atoms with Gasteiger partial charge in [-0.1, -0.05) is 17.7 Å². The number of nitrogens with one attached hydrogen (secondary N) is 1. The van der Waals surface area contributed by atoms with Gasteiger partial charge in [-0.25, -0.2) is 8.42 Å². The summed E-state index contributed by atoms with van der Waals surface area (Å²) in [5.74, 6) is 0.231. The number of amides is 1. The molecule has 1 N–H and O–H groups in total. The molecule has 0 aliphatic heterocycles. The van der Waals surface area contributed by atoms with E-state index in [2.05, 4.69) is 10.4 Å². The molecule has 0 unspecified atom stereocenters. The third-order valence-corrected chi connectivity index (χ3v) is 7.08. The zero-order valence-corrected chi connectivity index (χ0v) is 19.7. The van der Waals surface area contributed by atoms with Crippen molar-refractivity contribution in [3.63, 3.8) is 0 Å². The van der Waals surface area contributed by atoms with E-state index in [4.69, 9.17) is 4.74 Å². The van der Waals surface area contributed by atoms with Crippen LogP contribution in [0.2, 0.25) is 0 Å². The maximum absolute atomic E-state index is 13.7. The Labute approximate surface area is 188 Å². The number of benzene rings is 2. The number of rotatable bonds is 8. The highest BCUT2D eigenvalue weighted by Crippen LogP contribution is 2.28. The Hall–Kier alpha value is -3.33. The molecule has 0 saturated carbocycles. The van der Waals surface area contributed by atoms with Crippen molar-refractivity contribution in [3.8, 4) is 5.75 Å². The number of sulfonamides is 1. The predicted molar refractivity (Wildman–Crippen MR) is 125 cm³/mol. The molecule has 9 heteroatoms. The first-order valence-electron chi connectivity index (χ1n) is 10.3. The highest BCUT2D eigenvalue weighted by atomic mass is 32.2. The van der Waals surface area contributed by atoms with Gasteiger partial charge in [0.15, 0.2) is 0 Å². The van der Waals surface area contributed by atoms with Gasteiger partial charge in [-0.2, -0.15) is 5.10 Å². The number of carbonyl (C=O) groups is 1. The minimum absolute atomic E-state index is 0.106. The van der Waals surface area contributed by atoms with E-state index in [0.29, 0.717) is 35.1 Å². The summed E-state index contributed by atoms with van der Waals surface area (Å²) in [5, 5.41) is 7.00. The molecule has 32 heavy (non-hydrogen) atoms. The summed E-state index contributed by atoms with van der Waals surface area (Å²) in [7, 11) is -2.35. The second-order valence-electron chi connectivity index (χ2n) is 7.48. The molecular formula is C23H28N4O4S. The predicted octanol–water partition coefficient (Wildman–Crippen LogP) is 3.58. The van der Waals surface area contributed by atoms with Crippen LogP contribution in [0.3, 0.4) is 0 Å². The molecule has 1 heterocycles. The summed E-state index contributed by atoms with van der Waals surface area (Å²) in [6.07, 6.45) is 0. The van der Waals surface area contributed by atoms with Crippen molar-refractivity contribution >= 4 is 27.3 Å². The topological polar surface area (TPSA) is 93.5 Å². The fourth-order valence-corrected chi connectivity index (χ4v) is 5.22. The van der Waals surface area contributed by atoms with Gasteiger partial charge in [0.25, 0.3) is 10.0 Å². The summed E-state index contributed by atoms with van der Waals surface area (Å²) < 4.78 is 35.4. The number of ether oxygens (including phenoxy) is 1. The van der Waals surface area contributed by atoms with Gasteiger partial charge in [-0.05, 0) is 64.1 Å². The van der Waals surface area contributed by atoms with E-state index in [0.717, 1.165) is 9.87 Å². The molecule has 8 nitrogen and oxygen atoms in total. The molecule has 0 bridgehead atoms. The van der Waals surface area contributed by atoms with Crippen LogP contribution in [0.4, 0.5) is 11.4 Å².